The molecule has 0 aromatic heterocycles. The molecule has 0 atom stereocenters. The summed E-state index contributed by atoms with van der Waals surface area (Å²) in [6.07, 6.45) is 12.0. The SMILES string of the molecule is O=C(CN(CC1CCCCC1)C1CC1)Nc1ccc(N2CCCC2)cc1. The summed E-state index contributed by atoms with van der Waals surface area (Å²) in [5.41, 5.74) is 2.20. The van der Waals surface area contributed by atoms with Gasteiger partial charge in [0.1, 0.15) is 0 Å². The monoisotopic (exact) mass is 355 g/mol. The van der Waals surface area contributed by atoms with Crippen LogP contribution in [-0.2, 0) is 4.79 Å². The van der Waals surface area contributed by atoms with E-state index in [9.17, 15) is 4.79 Å². The van der Waals surface area contributed by atoms with Crippen molar-refractivity contribution in [1.82, 2.24) is 4.90 Å². The topological polar surface area (TPSA) is 35.6 Å². The Labute approximate surface area is 157 Å². The summed E-state index contributed by atoms with van der Waals surface area (Å²) in [5, 5.41) is 3.11. The zero-order valence-electron chi connectivity index (χ0n) is 16.0. The maximum Gasteiger partial charge on any atom is 0.238 e. The van der Waals surface area contributed by atoms with E-state index >= 15 is 0 Å². The largest absolute Gasteiger partial charge is 0.372 e. The molecular weight excluding hydrogens is 322 g/mol. The van der Waals surface area contributed by atoms with E-state index in [0.29, 0.717) is 12.6 Å². The zero-order valence-corrected chi connectivity index (χ0v) is 16.0. The average molecular weight is 356 g/mol. The minimum Gasteiger partial charge on any atom is -0.372 e. The van der Waals surface area contributed by atoms with Gasteiger partial charge in [-0.25, -0.2) is 0 Å². The molecule has 1 saturated heterocycles. The molecule has 3 aliphatic rings. The van der Waals surface area contributed by atoms with Crippen LogP contribution in [0.15, 0.2) is 24.3 Å². The summed E-state index contributed by atoms with van der Waals surface area (Å²) in [6, 6.07) is 9.03. The number of carbonyl (C=O) groups excluding carboxylic acids is 1. The first-order chi connectivity index (χ1) is 12.8. The van der Waals surface area contributed by atoms with Crippen molar-refractivity contribution in [3.8, 4) is 0 Å². The Kier molecular flexibility index (Phi) is 5.78. The van der Waals surface area contributed by atoms with Crippen LogP contribution in [0, 0.1) is 5.92 Å². The molecule has 1 aliphatic heterocycles. The maximum absolute atomic E-state index is 12.6. The summed E-state index contributed by atoms with van der Waals surface area (Å²) in [6.45, 7) is 3.98. The molecule has 4 rings (SSSR count). The Hall–Kier alpha value is -1.55. The van der Waals surface area contributed by atoms with Crippen molar-refractivity contribution in [2.75, 3.05) is 36.4 Å². The van der Waals surface area contributed by atoms with Gasteiger partial charge >= 0.3 is 0 Å². The van der Waals surface area contributed by atoms with Crippen LogP contribution in [0.1, 0.15) is 57.8 Å². The molecule has 4 nitrogen and oxygen atoms in total. The van der Waals surface area contributed by atoms with Crippen LogP contribution in [0.25, 0.3) is 0 Å². The van der Waals surface area contributed by atoms with Crippen LogP contribution < -0.4 is 10.2 Å². The second-order valence-electron chi connectivity index (χ2n) is 8.45. The fraction of sp³-hybridized carbons (Fsp3) is 0.682. The van der Waals surface area contributed by atoms with Crippen molar-refractivity contribution >= 4 is 17.3 Å². The second kappa shape index (κ2) is 8.43. The lowest BCUT2D eigenvalue weighted by molar-refractivity contribution is -0.117. The van der Waals surface area contributed by atoms with Gasteiger partial charge in [-0.3, -0.25) is 9.69 Å². The van der Waals surface area contributed by atoms with Gasteiger partial charge in [0.25, 0.3) is 0 Å². The molecule has 1 aromatic rings. The minimum atomic E-state index is 0.140. The van der Waals surface area contributed by atoms with Crippen LogP contribution in [0.5, 0.6) is 0 Å². The number of rotatable bonds is 7. The second-order valence-corrected chi connectivity index (χ2v) is 8.45. The summed E-state index contributed by atoms with van der Waals surface area (Å²) < 4.78 is 0. The Morgan fingerprint density at radius 1 is 0.962 bits per heavy atom. The number of benzene rings is 1. The Balaban J connectivity index is 1.28. The lowest BCUT2D eigenvalue weighted by Gasteiger charge is -2.29. The number of nitrogens with one attached hydrogen (secondary N) is 1. The van der Waals surface area contributed by atoms with Gasteiger partial charge in [0.2, 0.25) is 5.91 Å². The van der Waals surface area contributed by atoms with E-state index in [1.807, 2.05) is 12.1 Å². The van der Waals surface area contributed by atoms with Crippen molar-refractivity contribution in [1.29, 1.82) is 0 Å². The third-order valence-corrected chi connectivity index (χ3v) is 6.25. The quantitative estimate of drug-likeness (QED) is 0.793. The highest BCUT2D eigenvalue weighted by molar-refractivity contribution is 5.92. The zero-order chi connectivity index (χ0) is 17.8. The highest BCUT2D eigenvalue weighted by Gasteiger charge is 2.32. The molecule has 0 spiro atoms. The van der Waals surface area contributed by atoms with E-state index in [4.69, 9.17) is 0 Å². The van der Waals surface area contributed by atoms with Gasteiger partial charge < -0.3 is 10.2 Å². The van der Waals surface area contributed by atoms with Gasteiger partial charge in [0.05, 0.1) is 6.54 Å². The number of anilines is 2. The van der Waals surface area contributed by atoms with E-state index in [1.165, 1.54) is 63.5 Å². The fourth-order valence-electron chi connectivity index (χ4n) is 4.60. The predicted molar refractivity (Wildman–Crippen MR) is 108 cm³/mol. The van der Waals surface area contributed by atoms with Crippen molar-refractivity contribution in [3.63, 3.8) is 0 Å². The summed E-state index contributed by atoms with van der Waals surface area (Å²) in [4.78, 5) is 17.4. The van der Waals surface area contributed by atoms with Crippen molar-refractivity contribution in [3.05, 3.63) is 24.3 Å². The van der Waals surface area contributed by atoms with Crippen LogP contribution >= 0.6 is 0 Å². The highest BCUT2D eigenvalue weighted by Crippen LogP contribution is 2.31. The van der Waals surface area contributed by atoms with Crippen LogP contribution in [0.2, 0.25) is 0 Å². The number of nitrogens with zero attached hydrogens (tertiary/aromatic N) is 2. The molecule has 26 heavy (non-hydrogen) atoms. The van der Waals surface area contributed by atoms with Gasteiger partial charge in [-0.1, -0.05) is 19.3 Å². The molecule has 4 heteroatoms. The molecule has 0 unspecified atom stereocenters. The fourth-order valence-corrected chi connectivity index (χ4v) is 4.60. The molecule has 0 radical (unpaired) electrons. The molecule has 2 aliphatic carbocycles. The van der Waals surface area contributed by atoms with E-state index in [-0.39, 0.29) is 5.91 Å². The lowest BCUT2D eigenvalue weighted by Crippen LogP contribution is -2.38. The molecule has 3 fully saturated rings. The molecule has 2 saturated carbocycles. The van der Waals surface area contributed by atoms with Gasteiger partial charge in [0, 0.05) is 37.1 Å². The van der Waals surface area contributed by atoms with Crippen molar-refractivity contribution < 1.29 is 4.79 Å². The third kappa shape index (κ3) is 4.79. The third-order valence-electron chi connectivity index (χ3n) is 6.25. The number of amides is 1. The van der Waals surface area contributed by atoms with E-state index < -0.39 is 0 Å². The first-order valence-corrected chi connectivity index (χ1v) is 10.7. The number of carbonyl (C=O) groups is 1. The van der Waals surface area contributed by atoms with E-state index in [2.05, 4.69) is 27.2 Å². The van der Waals surface area contributed by atoms with Crippen molar-refractivity contribution in [2.45, 2.75) is 63.8 Å². The first-order valence-electron chi connectivity index (χ1n) is 10.7. The normalized spacial score (nSPS) is 21.3. The highest BCUT2D eigenvalue weighted by atomic mass is 16.2. The molecule has 1 amide bonds. The summed E-state index contributed by atoms with van der Waals surface area (Å²) in [5.74, 6) is 0.943. The first kappa shape index (κ1) is 17.8. The van der Waals surface area contributed by atoms with Gasteiger partial charge in [0.15, 0.2) is 0 Å². The van der Waals surface area contributed by atoms with Crippen molar-refractivity contribution in [2.24, 2.45) is 5.92 Å². The molecule has 142 valence electrons. The lowest BCUT2D eigenvalue weighted by atomic mass is 9.89. The Bertz CT molecular complexity index is 584. The maximum atomic E-state index is 12.6. The predicted octanol–water partition coefficient (Wildman–Crippen LogP) is 4.27. The molecule has 1 heterocycles. The van der Waals surface area contributed by atoms with Gasteiger partial charge in [-0.05, 0) is 68.7 Å². The van der Waals surface area contributed by atoms with Crippen LogP contribution in [-0.4, -0.2) is 43.0 Å². The van der Waals surface area contributed by atoms with E-state index in [0.717, 1.165) is 31.2 Å². The standard InChI is InChI=1S/C22H33N3O/c26-22(17-25(21-12-13-21)16-18-6-2-1-3-7-18)23-19-8-10-20(11-9-19)24-14-4-5-15-24/h8-11,18,21H,1-7,12-17H2,(H,23,26). The Morgan fingerprint density at radius 2 is 1.65 bits per heavy atom. The molecular formula is C22H33N3O. The number of hydrogen-bond acceptors (Lipinski definition) is 3. The summed E-state index contributed by atoms with van der Waals surface area (Å²) in [7, 11) is 0. The molecule has 0 bridgehead atoms. The molecule has 1 aromatic carbocycles. The smallest absolute Gasteiger partial charge is 0.238 e. The van der Waals surface area contributed by atoms with Crippen LogP contribution in [0.4, 0.5) is 11.4 Å². The summed E-state index contributed by atoms with van der Waals surface area (Å²) >= 11 is 0. The number of hydrogen-bond donors (Lipinski definition) is 1. The minimum absolute atomic E-state index is 0.140. The van der Waals surface area contributed by atoms with Crippen LogP contribution in [0.3, 0.4) is 0 Å². The molecule has 1 N–H and O–H groups in total. The Morgan fingerprint density at radius 3 is 2.31 bits per heavy atom. The van der Waals surface area contributed by atoms with Gasteiger partial charge in [-0.2, -0.15) is 0 Å². The van der Waals surface area contributed by atoms with E-state index in [1.54, 1.807) is 0 Å². The van der Waals surface area contributed by atoms with Gasteiger partial charge in [-0.15, -0.1) is 0 Å². The average Bonchev–Trinajstić information content (AvgIpc) is 3.37.